The number of nitrogens with zero attached hydrogens (tertiary/aromatic N) is 4. The second kappa shape index (κ2) is 4.68. The van der Waals surface area contributed by atoms with E-state index in [9.17, 15) is 0 Å². The van der Waals surface area contributed by atoms with Gasteiger partial charge in [0.05, 0.1) is 22.9 Å². The third-order valence-electron chi connectivity index (χ3n) is 2.71. The minimum Gasteiger partial charge on any atom is -0.381 e. The molecular formula is C12H19N5S. The van der Waals surface area contributed by atoms with E-state index in [1.807, 2.05) is 11.6 Å². The molecule has 0 aliphatic heterocycles. The molecule has 0 saturated carbocycles. The largest absolute Gasteiger partial charge is 0.381 e. The Morgan fingerprint density at radius 2 is 2.11 bits per heavy atom. The maximum atomic E-state index is 5.77. The molecule has 2 heterocycles. The fraction of sp³-hybridized carbons (Fsp3) is 0.583. The zero-order chi connectivity index (χ0) is 13.3. The smallest absolute Gasteiger partial charge is 0.169 e. The summed E-state index contributed by atoms with van der Waals surface area (Å²) in [6, 6.07) is 0. The van der Waals surface area contributed by atoms with Crippen LogP contribution in [-0.2, 0) is 18.4 Å². The summed E-state index contributed by atoms with van der Waals surface area (Å²) >= 11 is 1.69. The van der Waals surface area contributed by atoms with Crippen molar-refractivity contribution in [1.82, 2.24) is 20.0 Å². The molecule has 5 nitrogen and oxygen atoms in total. The first-order valence-electron chi connectivity index (χ1n) is 6.04. The highest BCUT2D eigenvalue weighted by molar-refractivity contribution is 7.09. The fourth-order valence-electron chi connectivity index (χ4n) is 1.71. The summed E-state index contributed by atoms with van der Waals surface area (Å²) in [5.74, 6) is 0.517. The predicted molar refractivity (Wildman–Crippen MR) is 73.7 cm³/mol. The van der Waals surface area contributed by atoms with Crippen molar-refractivity contribution in [2.45, 2.75) is 46.1 Å². The highest BCUT2D eigenvalue weighted by Gasteiger charge is 2.18. The molecule has 0 bridgehead atoms. The lowest BCUT2D eigenvalue weighted by Gasteiger charge is -2.13. The van der Waals surface area contributed by atoms with E-state index in [-0.39, 0.29) is 5.41 Å². The first kappa shape index (κ1) is 13.0. The second-order valence-electron chi connectivity index (χ2n) is 5.33. The molecule has 0 radical (unpaired) electrons. The third-order valence-corrected chi connectivity index (χ3v) is 4.02. The number of nitrogen functional groups attached to an aromatic ring is 1. The van der Waals surface area contributed by atoms with Gasteiger partial charge in [-0.3, -0.25) is 0 Å². The highest BCUT2D eigenvalue weighted by Crippen LogP contribution is 2.26. The van der Waals surface area contributed by atoms with E-state index >= 15 is 0 Å². The van der Waals surface area contributed by atoms with Crippen LogP contribution in [0.2, 0.25) is 0 Å². The van der Waals surface area contributed by atoms with E-state index in [1.54, 1.807) is 11.3 Å². The number of hydrogen-bond donors (Lipinski definition) is 1. The standard InChI is InChI=1S/C12H19N5S/c1-5-9-10(13)15-16-17(9)6-8-7-18-11(14-8)12(2,3)4/h7H,5-6,13H2,1-4H3. The summed E-state index contributed by atoms with van der Waals surface area (Å²) in [5, 5.41) is 11.2. The monoisotopic (exact) mass is 265 g/mol. The summed E-state index contributed by atoms with van der Waals surface area (Å²) < 4.78 is 1.83. The quantitative estimate of drug-likeness (QED) is 0.924. The van der Waals surface area contributed by atoms with Crippen LogP contribution in [0.3, 0.4) is 0 Å². The van der Waals surface area contributed by atoms with Crippen LogP contribution in [0, 0.1) is 0 Å². The van der Waals surface area contributed by atoms with Gasteiger partial charge >= 0.3 is 0 Å². The Balaban J connectivity index is 2.21. The lowest BCUT2D eigenvalue weighted by Crippen LogP contribution is -2.12. The van der Waals surface area contributed by atoms with Crippen molar-refractivity contribution >= 4 is 17.2 Å². The first-order valence-corrected chi connectivity index (χ1v) is 6.92. The molecule has 6 heteroatoms. The van der Waals surface area contributed by atoms with Crippen molar-refractivity contribution in [2.24, 2.45) is 0 Å². The summed E-state index contributed by atoms with van der Waals surface area (Å²) in [7, 11) is 0. The Kier molecular flexibility index (Phi) is 3.38. The Bertz CT molecular complexity index is 535. The van der Waals surface area contributed by atoms with Crippen LogP contribution in [0.25, 0.3) is 0 Å². The number of hydrogen-bond acceptors (Lipinski definition) is 5. The zero-order valence-electron chi connectivity index (χ0n) is 11.3. The molecule has 0 saturated heterocycles. The fourth-order valence-corrected chi connectivity index (χ4v) is 2.61. The molecule has 0 spiro atoms. The normalized spacial score (nSPS) is 12.0. The molecule has 98 valence electrons. The number of aromatic nitrogens is 4. The van der Waals surface area contributed by atoms with Crippen molar-refractivity contribution in [3.63, 3.8) is 0 Å². The van der Waals surface area contributed by atoms with E-state index in [2.05, 4.69) is 41.4 Å². The number of anilines is 1. The van der Waals surface area contributed by atoms with Crippen LogP contribution in [0.5, 0.6) is 0 Å². The molecule has 0 atom stereocenters. The molecule has 0 aliphatic carbocycles. The van der Waals surface area contributed by atoms with E-state index in [1.165, 1.54) is 0 Å². The van der Waals surface area contributed by atoms with Gasteiger partial charge in [0.1, 0.15) is 0 Å². The zero-order valence-corrected chi connectivity index (χ0v) is 12.1. The lowest BCUT2D eigenvalue weighted by molar-refractivity contribution is 0.573. The SMILES string of the molecule is CCc1c(N)nnn1Cc1csc(C(C)(C)C)n1. The Hall–Kier alpha value is -1.43. The molecule has 2 N–H and O–H groups in total. The Morgan fingerprint density at radius 1 is 1.39 bits per heavy atom. The summed E-state index contributed by atoms with van der Waals surface area (Å²) in [5.41, 5.74) is 7.85. The maximum Gasteiger partial charge on any atom is 0.169 e. The minimum atomic E-state index is 0.0951. The van der Waals surface area contributed by atoms with Gasteiger partial charge in [-0.15, -0.1) is 16.4 Å². The van der Waals surface area contributed by atoms with Crippen LogP contribution >= 0.6 is 11.3 Å². The number of rotatable bonds is 3. The molecule has 18 heavy (non-hydrogen) atoms. The molecule has 0 aromatic carbocycles. The van der Waals surface area contributed by atoms with Crippen molar-refractivity contribution < 1.29 is 0 Å². The van der Waals surface area contributed by atoms with Crippen LogP contribution < -0.4 is 5.73 Å². The molecule has 0 fully saturated rings. The van der Waals surface area contributed by atoms with Gasteiger partial charge in [0, 0.05) is 10.8 Å². The molecular weight excluding hydrogens is 246 g/mol. The van der Waals surface area contributed by atoms with Gasteiger partial charge < -0.3 is 5.73 Å². The molecule has 2 aromatic rings. The van der Waals surface area contributed by atoms with Gasteiger partial charge in [0.2, 0.25) is 0 Å². The van der Waals surface area contributed by atoms with Crippen LogP contribution in [0.4, 0.5) is 5.82 Å². The van der Waals surface area contributed by atoms with Gasteiger partial charge in [0.25, 0.3) is 0 Å². The maximum absolute atomic E-state index is 5.77. The van der Waals surface area contributed by atoms with Crippen LogP contribution in [0.1, 0.15) is 44.1 Å². The van der Waals surface area contributed by atoms with Crippen LogP contribution in [-0.4, -0.2) is 20.0 Å². The Labute approximate surface area is 111 Å². The predicted octanol–water partition coefficient (Wildman–Crippen LogP) is 2.22. The first-order chi connectivity index (χ1) is 8.41. The molecule has 0 unspecified atom stereocenters. The van der Waals surface area contributed by atoms with E-state index in [0.717, 1.165) is 22.8 Å². The van der Waals surface area contributed by atoms with Crippen molar-refractivity contribution in [2.75, 3.05) is 5.73 Å². The number of nitrogens with two attached hydrogens (primary N) is 1. The van der Waals surface area contributed by atoms with Crippen molar-refractivity contribution in [3.8, 4) is 0 Å². The molecule has 2 rings (SSSR count). The topological polar surface area (TPSA) is 69.6 Å². The summed E-state index contributed by atoms with van der Waals surface area (Å²) in [6.45, 7) is 9.19. The van der Waals surface area contributed by atoms with Crippen LogP contribution in [0.15, 0.2) is 5.38 Å². The minimum absolute atomic E-state index is 0.0951. The molecule has 0 aliphatic rings. The number of thiazole rings is 1. The molecule has 0 amide bonds. The second-order valence-corrected chi connectivity index (χ2v) is 6.18. The van der Waals surface area contributed by atoms with Gasteiger partial charge in [-0.2, -0.15) is 0 Å². The average Bonchev–Trinajstić information content (AvgIpc) is 2.86. The molecule has 2 aromatic heterocycles. The summed E-state index contributed by atoms with van der Waals surface area (Å²) in [4.78, 5) is 4.65. The van der Waals surface area contributed by atoms with E-state index in [4.69, 9.17) is 5.73 Å². The van der Waals surface area contributed by atoms with Crippen molar-refractivity contribution in [3.05, 3.63) is 21.8 Å². The average molecular weight is 265 g/mol. The summed E-state index contributed by atoms with van der Waals surface area (Å²) in [6.07, 6.45) is 0.828. The van der Waals surface area contributed by atoms with Gasteiger partial charge in [-0.1, -0.05) is 32.9 Å². The highest BCUT2D eigenvalue weighted by atomic mass is 32.1. The van der Waals surface area contributed by atoms with Gasteiger partial charge in [-0.25, -0.2) is 9.67 Å². The van der Waals surface area contributed by atoms with Crippen molar-refractivity contribution in [1.29, 1.82) is 0 Å². The Morgan fingerprint density at radius 3 is 2.67 bits per heavy atom. The van der Waals surface area contributed by atoms with Gasteiger partial charge in [0.15, 0.2) is 5.82 Å². The lowest BCUT2D eigenvalue weighted by atomic mass is 9.98. The van der Waals surface area contributed by atoms with E-state index in [0.29, 0.717) is 12.4 Å². The van der Waals surface area contributed by atoms with E-state index < -0.39 is 0 Å². The third kappa shape index (κ3) is 2.53. The van der Waals surface area contributed by atoms with Gasteiger partial charge in [-0.05, 0) is 6.42 Å².